The summed E-state index contributed by atoms with van der Waals surface area (Å²) in [5.74, 6) is -0.0474. The maximum Gasteiger partial charge on any atom is 0.224 e. The summed E-state index contributed by atoms with van der Waals surface area (Å²) in [5.41, 5.74) is 2.53. The number of rotatable bonds is 8. The Morgan fingerprint density at radius 2 is 2.27 bits per heavy atom. The average molecular weight is 213 g/mol. The number of unbranched alkanes of at least 4 members (excludes halogenated alkanes) is 1. The second-order valence-corrected chi connectivity index (χ2v) is 3.29. The smallest absolute Gasteiger partial charge is 0.224 e. The first kappa shape index (κ1) is 13.9. The molecule has 0 aliphatic rings. The number of carbonyl (C=O) groups is 1. The minimum Gasteiger partial charge on any atom is -0.394 e. The molecule has 0 saturated heterocycles. The number of nitrogens with one attached hydrogen (secondary N) is 1. The van der Waals surface area contributed by atoms with Crippen LogP contribution in [0.5, 0.6) is 0 Å². The van der Waals surface area contributed by atoms with Crippen LogP contribution < -0.4 is 5.32 Å². The zero-order valence-electron chi connectivity index (χ0n) is 8.91. The molecule has 0 aromatic carbocycles. The summed E-state index contributed by atoms with van der Waals surface area (Å²) < 4.78 is 0. The average Bonchev–Trinajstić information content (AvgIpc) is 2.25. The molecule has 0 rings (SSSR count). The van der Waals surface area contributed by atoms with E-state index in [-0.39, 0.29) is 12.5 Å². The Morgan fingerprint density at radius 3 is 2.87 bits per heavy atom. The SMILES string of the molecule is C=C=CCC(=O)NCCCC[C@H](O)CO. The third kappa shape index (κ3) is 9.22. The van der Waals surface area contributed by atoms with Crippen LogP contribution in [0.1, 0.15) is 25.7 Å². The topological polar surface area (TPSA) is 69.6 Å². The molecule has 0 bridgehead atoms. The lowest BCUT2D eigenvalue weighted by atomic mass is 10.1. The number of amides is 1. The van der Waals surface area contributed by atoms with E-state index < -0.39 is 6.10 Å². The van der Waals surface area contributed by atoms with Gasteiger partial charge >= 0.3 is 0 Å². The highest BCUT2D eigenvalue weighted by molar-refractivity contribution is 5.77. The van der Waals surface area contributed by atoms with Crippen molar-refractivity contribution >= 4 is 5.91 Å². The molecule has 0 heterocycles. The first-order valence-electron chi connectivity index (χ1n) is 5.10. The van der Waals surface area contributed by atoms with E-state index in [1.807, 2.05) is 0 Å². The summed E-state index contributed by atoms with van der Waals surface area (Å²) in [6, 6.07) is 0. The number of hydrogen-bond acceptors (Lipinski definition) is 3. The van der Waals surface area contributed by atoms with Gasteiger partial charge in [-0.15, -0.1) is 5.73 Å². The fraction of sp³-hybridized carbons (Fsp3) is 0.636. The predicted octanol–water partition coefficient (Wildman–Crippen LogP) is 0.357. The molecule has 15 heavy (non-hydrogen) atoms. The second-order valence-electron chi connectivity index (χ2n) is 3.29. The number of aliphatic hydroxyl groups is 2. The van der Waals surface area contributed by atoms with Crippen molar-refractivity contribution < 1.29 is 15.0 Å². The van der Waals surface area contributed by atoms with Gasteiger partial charge < -0.3 is 15.5 Å². The summed E-state index contributed by atoms with van der Waals surface area (Å²) >= 11 is 0. The first-order valence-corrected chi connectivity index (χ1v) is 5.10. The molecule has 0 unspecified atom stereocenters. The van der Waals surface area contributed by atoms with Gasteiger partial charge in [0.25, 0.3) is 0 Å². The summed E-state index contributed by atoms with van der Waals surface area (Å²) in [4.78, 5) is 11.1. The van der Waals surface area contributed by atoms with Crippen molar-refractivity contribution in [2.75, 3.05) is 13.2 Å². The van der Waals surface area contributed by atoms with Crippen LogP contribution >= 0.6 is 0 Å². The maximum absolute atomic E-state index is 11.1. The Kier molecular flexibility index (Phi) is 8.78. The summed E-state index contributed by atoms with van der Waals surface area (Å²) in [6.07, 6.45) is 3.41. The van der Waals surface area contributed by atoms with Crippen molar-refractivity contribution in [1.29, 1.82) is 0 Å². The van der Waals surface area contributed by atoms with Gasteiger partial charge in [0.05, 0.1) is 19.1 Å². The molecule has 4 nitrogen and oxygen atoms in total. The van der Waals surface area contributed by atoms with E-state index >= 15 is 0 Å². The zero-order chi connectivity index (χ0) is 11.5. The van der Waals surface area contributed by atoms with Crippen molar-refractivity contribution in [3.8, 4) is 0 Å². The molecule has 0 aliphatic carbocycles. The Balaban J connectivity index is 3.30. The molecule has 0 fully saturated rings. The fourth-order valence-corrected chi connectivity index (χ4v) is 1.06. The van der Waals surface area contributed by atoms with Gasteiger partial charge in [-0.25, -0.2) is 0 Å². The number of hydrogen-bond donors (Lipinski definition) is 3. The van der Waals surface area contributed by atoms with Crippen LogP contribution in [0, 0.1) is 0 Å². The molecule has 3 N–H and O–H groups in total. The molecule has 1 amide bonds. The lowest BCUT2D eigenvalue weighted by molar-refractivity contribution is -0.120. The monoisotopic (exact) mass is 213 g/mol. The Hall–Kier alpha value is -1.09. The minimum absolute atomic E-state index is 0.0474. The molecule has 0 aromatic rings. The molecule has 0 saturated carbocycles. The Morgan fingerprint density at radius 1 is 1.53 bits per heavy atom. The van der Waals surface area contributed by atoms with Gasteiger partial charge in [-0.1, -0.05) is 6.58 Å². The van der Waals surface area contributed by atoms with E-state index in [1.54, 1.807) is 6.08 Å². The van der Waals surface area contributed by atoms with Crippen molar-refractivity contribution in [2.45, 2.75) is 31.8 Å². The Bertz CT molecular complexity index is 222. The molecule has 0 radical (unpaired) electrons. The highest BCUT2D eigenvalue weighted by Crippen LogP contribution is 1.99. The van der Waals surface area contributed by atoms with E-state index in [1.165, 1.54) is 0 Å². The van der Waals surface area contributed by atoms with Crippen molar-refractivity contribution in [3.63, 3.8) is 0 Å². The van der Waals surface area contributed by atoms with E-state index in [2.05, 4.69) is 17.6 Å². The highest BCUT2D eigenvalue weighted by atomic mass is 16.3. The van der Waals surface area contributed by atoms with Crippen LogP contribution in [-0.2, 0) is 4.79 Å². The summed E-state index contributed by atoms with van der Waals surface area (Å²) in [6.45, 7) is 3.76. The van der Waals surface area contributed by atoms with Crippen molar-refractivity contribution in [1.82, 2.24) is 5.32 Å². The van der Waals surface area contributed by atoms with Crippen LogP contribution in [0.3, 0.4) is 0 Å². The van der Waals surface area contributed by atoms with Crippen LogP contribution in [0.4, 0.5) is 0 Å². The molecular weight excluding hydrogens is 194 g/mol. The van der Waals surface area contributed by atoms with E-state index in [0.717, 1.165) is 12.8 Å². The molecule has 1 atom stereocenters. The van der Waals surface area contributed by atoms with Gasteiger partial charge in [0.1, 0.15) is 0 Å². The third-order valence-electron chi connectivity index (χ3n) is 1.93. The van der Waals surface area contributed by atoms with Gasteiger partial charge in [-0.2, -0.15) is 0 Å². The van der Waals surface area contributed by atoms with Crippen LogP contribution in [0.2, 0.25) is 0 Å². The summed E-state index contributed by atoms with van der Waals surface area (Å²) in [5, 5.41) is 20.3. The zero-order valence-corrected chi connectivity index (χ0v) is 8.91. The lowest BCUT2D eigenvalue weighted by Crippen LogP contribution is -2.23. The third-order valence-corrected chi connectivity index (χ3v) is 1.93. The molecule has 4 heteroatoms. The Labute approximate surface area is 90.3 Å². The van der Waals surface area contributed by atoms with Gasteiger partial charge in [-0.3, -0.25) is 4.79 Å². The number of carbonyl (C=O) groups excluding carboxylic acids is 1. The van der Waals surface area contributed by atoms with E-state index in [0.29, 0.717) is 19.4 Å². The van der Waals surface area contributed by atoms with Crippen molar-refractivity contribution in [3.05, 3.63) is 18.4 Å². The molecular formula is C11H19NO3. The quantitative estimate of drug-likeness (QED) is 0.403. The maximum atomic E-state index is 11.1. The van der Waals surface area contributed by atoms with Crippen LogP contribution in [0.15, 0.2) is 18.4 Å². The predicted molar refractivity (Wildman–Crippen MR) is 58.3 cm³/mol. The van der Waals surface area contributed by atoms with E-state index in [9.17, 15) is 4.79 Å². The number of aliphatic hydroxyl groups excluding tert-OH is 2. The summed E-state index contributed by atoms with van der Waals surface area (Å²) in [7, 11) is 0. The van der Waals surface area contributed by atoms with E-state index in [4.69, 9.17) is 10.2 Å². The van der Waals surface area contributed by atoms with Gasteiger partial charge in [0, 0.05) is 6.54 Å². The normalized spacial score (nSPS) is 11.6. The van der Waals surface area contributed by atoms with Gasteiger partial charge in [0.15, 0.2) is 0 Å². The standard InChI is InChI=1S/C11H19NO3/c1-2-3-7-11(15)12-8-5-4-6-10(14)9-13/h3,10,13-14H,1,4-9H2,(H,12,15)/t10-/m0/s1. The van der Waals surface area contributed by atoms with Gasteiger partial charge in [0.2, 0.25) is 5.91 Å². The first-order chi connectivity index (χ1) is 7.20. The molecule has 0 aromatic heterocycles. The molecule has 86 valence electrons. The lowest BCUT2D eigenvalue weighted by Gasteiger charge is -2.06. The largest absolute Gasteiger partial charge is 0.394 e. The van der Waals surface area contributed by atoms with Gasteiger partial charge in [-0.05, 0) is 25.3 Å². The van der Waals surface area contributed by atoms with Crippen LogP contribution in [0.25, 0.3) is 0 Å². The molecule has 0 spiro atoms. The fourth-order valence-electron chi connectivity index (χ4n) is 1.06. The van der Waals surface area contributed by atoms with Crippen molar-refractivity contribution in [2.24, 2.45) is 0 Å². The van der Waals surface area contributed by atoms with Crippen LogP contribution in [-0.4, -0.2) is 35.4 Å². The highest BCUT2D eigenvalue weighted by Gasteiger charge is 2.01. The minimum atomic E-state index is -0.635. The molecule has 0 aliphatic heterocycles. The second kappa shape index (κ2) is 9.46.